The van der Waals surface area contributed by atoms with Crippen molar-refractivity contribution in [1.82, 2.24) is 49.5 Å². The summed E-state index contributed by atoms with van der Waals surface area (Å²) in [4.78, 5) is 101. The number of carbonyl (C=O) groups excluding carboxylic acids is 6. The zero-order valence-corrected chi connectivity index (χ0v) is 73.5. The Morgan fingerprint density at radius 2 is 1.47 bits per heavy atom. The number of methoxy groups -OCH3 is 3. The highest BCUT2D eigenvalue weighted by molar-refractivity contribution is 6.39. The molecule has 33 nitrogen and oxygen atoms in total. The fourth-order valence-electron chi connectivity index (χ4n) is 16.4. The first-order chi connectivity index (χ1) is 58.8. The molecule has 1 aromatic carbocycles. The number of oxazole rings is 1. The molecule has 0 unspecified atom stereocenters. The molecule has 6 N–H and O–H groups in total. The van der Waals surface area contributed by atoms with Gasteiger partial charge in [0.15, 0.2) is 17.0 Å². The fraction of sp³-hybridized carbons (Fsp3) is 0.685. The van der Waals surface area contributed by atoms with Crippen LogP contribution in [-0.2, 0) is 105 Å². The number of nitrogens with two attached hydrogens (primary N) is 2. The van der Waals surface area contributed by atoms with Crippen molar-refractivity contribution in [2.24, 2.45) is 35.5 Å². The molecule has 7 heterocycles. The molecular weight excluding hydrogens is 1570 g/mol. The minimum absolute atomic E-state index is 0.00268. The van der Waals surface area contributed by atoms with E-state index in [4.69, 9.17) is 77.8 Å². The number of amides is 2. The molecular formula is C89H134N12O21. The molecule has 2 amide bonds. The average molecular weight is 1710 g/mol. The maximum Gasteiger partial charge on any atom is 0.329 e. The van der Waals surface area contributed by atoms with Crippen LogP contribution in [0.15, 0.2) is 82.7 Å². The number of ketones is 3. The minimum atomic E-state index is -2.46. The number of cyclic esters (lactones) is 1. The van der Waals surface area contributed by atoms with Crippen LogP contribution in [0.4, 0.5) is 11.8 Å². The Bertz CT molecular complexity index is 4240. The number of rotatable bonds is 39. The SMILES string of the molecule is CO[C@H]1C[C@@H]2CC[C@@H](C)[C@@](O)(O2)C(=O)C(=O)N2CCCC[C@H]2C(=O)O[C@H]([C@H](C)C[C@@H]2CC[C@@H](OCCCCc3cn(CCOCCOCCOCCOCCOCCOCCC(=O)N(C)CCCCn4nc(-c5ccc6oc(N)nc6c5)c5c(N)ncnc54)nn3)[C@H](OC)C2)CC(=O)[C@H](C)/C=C(\C)[C@@H](O)[C@@H](OC)C(=O)[C@H](C)C[C@H](C)/C=C/C=C/C=C/1C. The van der Waals surface area contributed by atoms with E-state index >= 15 is 0 Å². The standard InChI is InChI=1S/C89H134N12O21/c1-58-21-13-12-14-22-59(2)74(110-9)54-68-28-25-64(7)89(109,122-68)83(106)86(107)100-33-17-15-24-70(100)87(108)120-75(55-71(102)60(3)50-63(6)81(105)82(112-11)80(104)62(5)49-58)61(4)51-65-26-29-73(76(52-65)111-10)119-36-20-16-23-67-56-99(97-95-67)35-38-114-40-42-116-44-46-118-48-47-117-45-43-115-41-39-113-37-31-77(103)98(8)32-18-19-34-101-85-78(84(90)92-57-93-85)79(96-101)66-27-30-72-69(53-66)94-88(91)121-72/h12-14,21-22,27,30,50,53,56-58,60-62,64-65,68,70,73-76,81-82,105,109H,15-20,23-26,28-29,31-49,51-52,54-55H2,1-11H3,(H2,91,94)(H2,90,92,93)/b14-12+,21-13+,59-22+,63-50+/t58-,60-,61-,62-,64-,65+,68+,70+,73-,74+,75+,76-,81-,82+,89-/m1/s1. The number of nitrogens with zero attached hydrogens (tertiary/aromatic N) is 10. The van der Waals surface area contributed by atoms with Crippen molar-refractivity contribution in [2.75, 3.05) is 139 Å². The van der Waals surface area contributed by atoms with Crippen LogP contribution in [0.25, 0.3) is 33.4 Å². The molecule has 3 aliphatic heterocycles. The van der Waals surface area contributed by atoms with Gasteiger partial charge in [-0.1, -0.05) is 76.3 Å². The van der Waals surface area contributed by atoms with Crippen LogP contribution in [0.1, 0.15) is 163 Å². The van der Waals surface area contributed by atoms with Crippen LogP contribution in [0.2, 0.25) is 0 Å². The highest BCUT2D eigenvalue weighted by Crippen LogP contribution is 2.40. The van der Waals surface area contributed by atoms with Gasteiger partial charge in [0.1, 0.15) is 53.5 Å². The van der Waals surface area contributed by atoms with Gasteiger partial charge in [-0.15, -0.1) is 5.10 Å². The molecule has 15 atom stereocenters. The summed E-state index contributed by atoms with van der Waals surface area (Å²) in [6.45, 7) is 19.9. The summed E-state index contributed by atoms with van der Waals surface area (Å²) in [6.07, 6.45) is 19.3. The molecule has 0 radical (unpaired) electrons. The molecule has 2 bridgehead atoms. The molecule has 1 aliphatic carbocycles. The summed E-state index contributed by atoms with van der Waals surface area (Å²) in [5.41, 5.74) is 17.4. The number of ether oxygens (including phenoxy) is 12. The average Bonchev–Trinajstić information content (AvgIpc) is 1.53. The lowest BCUT2D eigenvalue weighted by molar-refractivity contribution is -0.265. The van der Waals surface area contributed by atoms with E-state index in [1.54, 1.807) is 63.8 Å². The van der Waals surface area contributed by atoms with E-state index in [0.29, 0.717) is 196 Å². The number of anilines is 2. The normalized spacial score (nSPS) is 27.1. The van der Waals surface area contributed by atoms with Crippen molar-refractivity contribution in [3.05, 3.63) is 84.0 Å². The van der Waals surface area contributed by atoms with E-state index in [-0.39, 0.29) is 79.3 Å². The van der Waals surface area contributed by atoms with Crippen LogP contribution >= 0.6 is 0 Å². The largest absolute Gasteiger partial charge is 0.460 e. The van der Waals surface area contributed by atoms with Crippen LogP contribution in [0, 0.1) is 35.5 Å². The second-order valence-corrected chi connectivity index (χ2v) is 33.1. The van der Waals surface area contributed by atoms with E-state index in [1.165, 1.54) is 18.3 Å². The second-order valence-electron chi connectivity index (χ2n) is 33.1. The molecule has 0 spiro atoms. The number of fused-ring (bicyclic) bond motifs is 5. The molecule has 4 aromatic heterocycles. The number of aryl methyl sites for hydroxylation is 2. The predicted molar refractivity (Wildman–Crippen MR) is 455 cm³/mol. The van der Waals surface area contributed by atoms with Crippen molar-refractivity contribution in [3.8, 4) is 11.3 Å². The number of aliphatic hydroxyl groups excluding tert-OH is 1. The smallest absolute Gasteiger partial charge is 0.329 e. The van der Waals surface area contributed by atoms with Gasteiger partial charge in [0.25, 0.3) is 17.7 Å². The van der Waals surface area contributed by atoms with Gasteiger partial charge < -0.3 is 92.7 Å². The van der Waals surface area contributed by atoms with Crippen molar-refractivity contribution in [3.63, 3.8) is 0 Å². The van der Waals surface area contributed by atoms with Crippen molar-refractivity contribution in [2.45, 2.75) is 232 Å². The molecule has 1 saturated carbocycles. The number of allylic oxidation sites excluding steroid dienone is 6. The number of benzene rings is 1. The lowest BCUT2D eigenvalue weighted by Gasteiger charge is -2.42. The highest BCUT2D eigenvalue weighted by Gasteiger charge is 2.53. The molecule has 5 aromatic rings. The Kier molecular flexibility index (Phi) is 40.1. The molecule has 2 saturated heterocycles. The van der Waals surface area contributed by atoms with Crippen LogP contribution in [-0.4, -0.2) is 277 Å². The van der Waals surface area contributed by atoms with Gasteiger partial charge in [0.05, 0.1) is 128 Å². The molecule has 4 aliphatic rings. The number of hydrogen-bond acceptors (Lipinski definition) is 29. The highest BCUT2D eigenvalue weighted by atomic mass is 16.6. The summed E-state index contributed by atoms with van der Waals surface area (Å²) in [5, 5.41) is 38.0. The summed E-state index contributed by atoms with van der Waals surface area (Å²) in [5.74, 6) is -7.86. The maximum absolute atomic E-state index is 14.8. The number of piperidine rings is 1. The molecule has 3 fully saturated rings. The number of Topliss-reactive ketones (excluding diaryl/α,β-unsaturated/α-hetero) is 3. The van der Waals surface area contributed by atoms with Crippen molar-refractivity contribution in [1.29, 1.82) is 0 Å². The van der Waals surface area contributed by atoms with Crippen LogP contribution in [0.3, 0.4) is 0 Å². The quantitative estimate of drug-likeness (QED) is 0.0123. The number of unbranched alkanes of at least 4 members (excludes halogenated alkanes) is 2. The molecule has 33 heteroatoms. The van der Waals surface area contributed by atoms with Gasteiger partial charge in [-0.25, -0.2) is 24.1 Å². The van der Waals surface area contributed by atoms with E-state index in [0.717, 1.165) is 61.8 Å². The van der Waals surface area contributed by atoms with Gasteiger partial charge in [-0.3, -0.25) is 24.0 Å². The third-order valence-corrected chi connectivity index (χ3v) is 23.8. The van der Waals surface area contributed by atoms with Crippen LogP contribution in [0.5, 0.6) is 0 Å². The second kappa shape index (κ2) is 50.1. The third-order valence-electron chi connectivity index (χ3n) is 23.8. The topological polar surface area (TPSA) is 412 Å². The van der Waals surface area contributed by atoms with E-state index in [1.807, 2.05) is 81.1 Å². The van der Waals surface area contributed by atoms with Gasteiger partial charge in [-0.05, 0) is 157 Å². The first-order valence-electron chi connectivity index (χ1n) is 43.6. The van der Waals surface area contributed by atoms with E-state index in [9.17, 15) is 39.0 Å². The summed E-state index contributed by atoms with van der Waals surface area (Å²) in [7, 11) is 6.44. The van der Waals surface area contributed by atoms with Crippen molar-refractivity contribution < 1.29 is 100 Å². The van der Waals surface area contributed by atoms with Crippen LogP contribution < -0.4 is 11.5 Å². The number of esters is 1. The predicted octanol–water partition coefficient (Wildman–Crippen LogP) is 9.36. The summed E-state index contributed by atoms with van der Waals surface area (Å²) in [6, 6.07) is 4.42. The Hall–Kier alpha value is -8.16. The number of hydrogen-bond donors (Lipinski definition) is 4. The third kappa shape index (κ3) is 29.0. The Morgan fingerprint density at radius 3 is 2.17 bits per heavy atom. The first-order valence-corrected chi connectivity index (χ1v) is 43.6. The van der Waals surface area contributed by atoms with Gasteiger partial charge in [0, 0.05) is 97.0 Å². The molecule has 676 valence electrons. The number of carbonyl (C=O) groups is 6. The monoisotopic (exact) mass is 1710 g/mol. The van der Waals surface area contributed by atoms with E-state index < -0.39 is 77.8 Å². The van der Waals surface area contributed by atoms with Crippen molar-refractivity contribution >= 4 is 69.1 Å². The number of aliphatic hydroxyl groups is 2. The van der Waals surface area contributed by atoms with E-state index in [2.05, 4.69) is 25.3 Å². The molecule has 9 rings (SSSR count). The maximum atomic E-state index is 14.8. The lowest BCUT2D eigenvalue weighted by Crippen LogP contribution is -2.61. The first kappa shape index (κ1) is 97.6. The fourth-order valence-corrected chi connectivity index (χ4v) is 16.4. The van der Waals surface area contributed by atoms with Gasteiger partial charge in [-0.2, -0.15) is 10.1 Å². The summed E-state index contributed by atoms with van der Waals surface area (Å²) < 4.78 is 79.8. The lowest BCUT2D eigenvalue weighted by atomic mass is 9.78. The zero-order chi connectivity index (χ0) is 87.7. The summed E-state index contributed by atoms with van der Waals surface area (Å²) >= 11 is 0. The Labute approximate surface area is 716 Å². The number of aromatic nitrogens is 8. The molecule has 122 heavy (non-hydrogen) atoms. The zero-order valence-electron chi connectivity index (χ0n) is 73.5. The number of nitrogen functional groups attached to an aromatic ring is 2. The van der Waals surface area contributed by atoms with Gasteiger partial charge in [0.2, 0.25) is 11.7 Å². The Morgan fingerprint density at radius 1 is 0.754 bits per heavy atom. The van der Waals surface area contributed by atoms with Gasteiger partial charge >= 0.3 is 5.97 Å². The Balaban J connectivity index is 0.621. The minimum Gasteiger partial charge on any atom is -0.460 e.